The Balaban J connectivity index is 1.07. The molecule has 1 heterocycles. The molecule has 0 fully saturated rings. The molecule has 0 bridgehead atoms. The maximum absolute atomic E-state index is 7.09. The third kappa shape index (κ3) is 6.02. The van der Waals surface area contributed by atoms with Crippen molar-refractivity contribution in [1.82, 2.24) is 0 Å². The minimum Gasteiger partial charge on any atom is -0.455 e. The molecular weight excluding hydrogens is 763 g/mol. The average Bonchev–Trinajstić information content (AvgIpc) is 3.85. The number of rotatable bonds is 7. The molecule has 11 aromatic rings. The molecule has 1 aliphatic rings. The van der Waals surface area contributed by atoms with Gasteiger partial charge in [0.25, 0.3) is 0 Å². The first-order valence-electron chi connectivity index (χ1n) is 21.8. The minimum absolute atomic E-state index is 0.132. The summed E-state index contributed by atoms with van der Waals surface area (Å²) in [5, 5.41) is 4.48. The third-order valence-electron chi connectivity index (χ3n) is 13.3. The summed E-state index contributed by atoms with van der Waals surface area (Å²) in [6.45, 7) is 4.71. The third-order valence-corrected chi connectivity index (χ3v) is 13.3. The van der Waals surface area contributed by atoms with Crippen molar-refractivity contribution in [1.29, 1.82) is 0 Å². The van der Waals surface area contributed by atoms with Crippen molar-refractivity contribution in [3.8, 4) is 55.6 Å². The number of benzene rings is 10. The molecule has 2 heteroatoms. The second-order valence-electron chi connectivity index (χ2n) is 17.2. The summed E-state index contributed by atoms with van der Waals surface area (Å²) in [4.78, 5) is 2.42. The molecule has 0 spiro atoms. The predicted octanol–water partition coefficient (Wildman–Crippen LogP) is 17.2. The first kappa shape index (κ1) is 36.9. The maximum atomic E-state index is 7.09. The number of hydrogen-bond acceptors (Lipinski definition) is 2. The van der Waals surface area contributed by atoms with Crippen molar-refractivity contribution in [2.45, 2.75) is 19.3 Å². The zero-order valence-corrected chi connectivity index (χ0v) is 35.2. The van der Waals surface area contributed by atoms with Crippen molar-refractivity contribution >= 4 is 49.8 Å². The fourth-order valence-corrected chi connectivity index (χ4v) is 10.2. The number of nitrogens with zero attached hydrogens (tertiary/aromatic N) is 1. The quantitative estimate of drug-likeness (QED) is 0.160. The van der Waals surface area contributed by atoms with Gasteiger partial charge in [0.1, 0.15) is 11.2 Å². The molecule has 12 rings (SSSR count). The highest BCUT2D eigenvalue weighted by Gasteiger charge is 2.36. The van der Waals surface area contributed by atoms with Crippen LogP contribution in [0.3, 0.4) is 0 Å². The van der Waals surface area contributed by atoms with Crippen LogP contribution in [0, 0.1) is 0 Å². The monoisotopic (exact) mass is 805 g/mol. The number of anilines is 3. The van der Waals surface area contributed by atoms with E-state index in [1.807, 2.05) is 0 Å². The molecule has 63 heavy (non-hydrogen) atoms. The Morgan fingerprint density at radius 2 is 0.857 bits per heavy atom. The molecule has 0 amide bonds. The van der Waals surface area contributed by atoms with Gasteiger partial charge in [-0.15, -0.1) is 0 Å². The standard InChI is InChI=1S/C61H43NO/c1-61(2)56-28-15-14-26-51(56)52-34-33-47(38-57(52)61)62(45-31-29-41(30-32-45)40-17-6-3-7-18-40)46-24-16-23-44(37-46)54-39-55-58-48(42-19-8-4-9-20-42)35-36-49(43-21-10-5-11-22-43)60(58)63-59(55)53-27-13-12-25-50(53)54/h3-39H,1-2H3. The largest absolute Gasteiger partial charge is 0.455 e. The van der Waals surface area contributed by atoms with E-state index in [2.05, 4.69) is 243 Å². The van der Waals surface area contributed by atoms with Crippen LogP contribution < -0.4 is 4.90 Å². The predicted molar refractivity (Wildman–Crippen MR) is 265 cm³/mol. The highest BCUT2D eigenvalue weighted by Crippen LogP contribution is 2.51. The fraction of sp³-hybridized carbons (Fsp3) is 0.0492. The maximum Gasteiger partial charge on any atom is 0.143 e. The minimum atomic E-state index is -0.132. The summed E-state index contributed by atoms with van der Waals surface area (Å²) in [6.07, 6.45) is 0. The molecule has 0 saturated carbocycles. The van der Waals surface area contributed by atoms with Crippen LogP contribution in [0.5, 0.6) is 0 Å². The van der Waals surface area contributed by atoms with Crippen molar-refractivity contribution in [3.63, 3.8) is 0 Å². The van der Waals surface area contributed by atoms with Gasteiger partial charge in [-0.05, 0) is 115 Å². The summed E-state index contributed by atoms with van der Waals surface area (Å²) in [5.41, 5.74) is 19.6. The van der Waals surface area contributed by atoms with Gasteiger partial charge in [0.2, 0.25) is 0 Å². The molecule has 1 aromatic heterocycles. The van der Waals surface area contributed by atoms with E-state index < -0.39 is 0 Å². The molecule has 0 N–H and O–H groups in total. The van der Waals surface area contributed by atoms with Crippen LogP contribution in [-0.2, 0) is 5.41 Å². The van der Waals surface area contributed by atoms with Crippen LogP contribution in [0.1, 0.15) is 25.0 Å². The van der Waals surface area contributed by atoms with Crippen LogP contribution in [0.4, 0.5) is 17.1 Å². The molecule has 298 valence electrons. The molecule has 0 atom stereocenters. The molecule has 0 aliphatic heterocycles. The van der Waals surface area contributed by atoms with Gasteiger partial charge in [-0.3, -0.25) is 0 Å². The Morgan fingerprint density at radius 1 is 0.317 bits per heavy atom. The van der Waals surface area contributed by atoms with Crippen LogP contribution in [0.15, 0.2) is 229 Å². The summed E-state index contributed by atoms with van der Waals surface area (Å²) in [7, 11) is 0. The van der Waals surface area contributed by atoms with Crippen molar-refractivity contribution < 1.29 is 4.42 Å². The topological polar surface area (TPSA) is 16.4 Å². The van der Waals surface area contributed by atoms with E-state index in [4.69, 9.17) is 4.42 Å². The van der Waals surface area contributed by atoms with Crippen molar-refractivity contribution in [2.24, 2.45) is 0 Å². The van der Waals surface area contributed by atoms with Gasteiger partial charge in [0.05, 0.1) is 0 Å². The number of fused-ring (bicyclic) bond motifs is 8. The summed E-state index contributed by atoms with van der Waals surface area (Å²) in [5.74, 6) is 0. The Kier molecular flexibility index (Phi) is 8.55. The van der Waals surface area contributed by atoms with Gasteiger partial charge in [0, 0.05) is 44.2 Å². The first-order chi connectivity index (χ1) is 31.0. The van der Waals surface area contributed by atoms with Crippen LogP contribution >= 0.6 is 0 Å². The van der Waals surface area contributed by atoms with E-state index in [1.54, 1.807) is 0 Å². The Bertz CT molecular complexity index is 3510. The highest BCUT2D eigenvalue weighted by atomic mass is 16.3. The van der Waals surface area contributed by atoms with Gasteiger partial charge in [-0.1, -0.05) is 190 Å². The molecule has 10 aromatic carbocycles. The van der Waals surface area contributed by atoms with Gasteiger partial charge >= 0.3 is 0 Å². The molecule has 0 radical (unpaired) electrons. The zero-order valence-electron chi connectivity index (χ0n) is 35.2. The van der Waals surface area contributed by atoms with E-state index in [-0.39, 0.29) is 5.41 Å². The number of hydrogen-bond donors (Lipinski definition) is 0. The van der Waals surface area contributed by atoms with Crippen LogP contribution in [0.2, 0.25) is 0 Å². The van der Waals surface area contributed by atoms with Crippen LogP contribution in [-0.4, -0.2) is 0 Å². The second kappa shape index (κ2) is 14.6. The molecule has 0 unspecified atom stereocenters. The van der Waals surface area contributed by atoms with E-state index in [0.29, 0.717) is 0 Å². The second-order valence-corrected chi connectivity index (χ2v) is 17.2. The molecule has 1 aliphatic carbocycles. The fourth-order valence-electron chi connectivity index (χ4n) is 10.2. The SMILES string of the molecule is CC1(C)c2ccccc2-c2ccc(N(c3ccc(-c4ccccc4)cc3)c3cccc(-c4cc5c(oc6c(-c7ccccc7)ccc(-c7ccccc7)c65)c5ccccc45)c3)cc21. The molecule has 2 nitrogen and oxygen atoms in total. The summed E-state index contributed by atoms with van der Waals surface area (Å²) >= 11 is 0. The lowest BCUT2D eigenvalue weighted by atomic mass is 9.82. The summed E-state index contributed by atoms with van der Waals surface area (Å²) in [6, 6.07) is 81.5. The van der Waals surface area contributed by atoms with E-state index in [1.165, 1.54) is 33.4 Å². The number of furan rings is 1. The van der Waals surface area contributed by atoms with Gasteiger partial charge in [-0.25, -0.2) is 0 Å². The van der Waals surface area contributed by atoms with Gasteiger partial charge in [-0.2, -0.15) is 0 Å². The lowest BCUT2D eigenvalue weighted by molar-refractivity contribution is 0.660. The van der Waals surface area contributed by atoms with E-state index in [0.717, 1.165) is 83.2 Å². The smallest absolute Gasteiger partial charge is 0.143 e. The van der Waals surface area contributed by atoms with Crippen molar-refractivity contribution in [2.75, 3.05) is 4.90 Å². The Morgan fingerprint density at radius 3 is 1.60 bits per heavy atom. The summed E-state index contributed by atoms with van der Waals surface area (Å²) < 4.78 is 7.09. The zero-order chi connectivity index (χ0) is 42.1. The van der Waals surface area contributed by atoms with E-state index >= 15 is 0 Å². The van der Waals surface area contributed by atoms with Gasteiger partial charge < -0.3 is 9.32 Å². The van der Waals surface area contributed by atoms with Crippen molar-refractivity contribution in [3.05, 3.63) is 236 Å². The molecular formula is C61H43NO. The normalized spacial score (nSPS) is 12.7. The Labute approximate surface area is 368 Å². The average molecular weight is 806 g/mol. The highest BCUT2D eigenvalue weighted by molar-refractivity contribution is 6.24. The first-order valence-corrected chi connectivity index (χ1v) is 21.8. The van der Waals surface area contributed by atoms with E-state index in [9.17, 15) is 0 Å². The van der Waals surface area contributed by atoms with Crippen LogP contribution in [0.25, 0.3) is 88.3 Å². The van der Waals surface area contributed by atoms with Gasteiger partial charge in [0.15, 0.2) is 0 Å². The lowest BCUT2D eigenvalue weighted by Gasteiger charge is -2.28. The molecule has 0 saturated heterocycles. The lowest BCUT2D eigenvalue weighted by Crippen LogP contribution is -2.16. The Hall–Kier alpha value is -7.94.